The highest BCUT2D eigenvalue weighted by Gasteiger charge is 2.69. The van der Waals surface area contributed by atoms with Crippen molar-refractivity contribution < 1.29 is 114 Å². The van der Waals surface area contributed by atoms with Crippen molar-refractivity contribution in [2.45, 2.75) is 246 Å². The Balaban J connectivity index is 0.800. The molecule has 4 aliphatic carbocycles. The van der Waals surface area contributed by atoms with E-state index in [4.69, 9.17) is 47.4 Å². The van der Waals surface area contributed by atoms with E-state index >= 15 is 0 Å². The Labute approximate surface area is 431 Å². The molecule has 9 aliphatic rings. The number of aliphatic hydroxyl groups excluding tert-OH is 13. The van der Waals surface area contributed by atoms with E-state index in [1.54, 1.807) is 7.11 Å². The van der Waals surface area contributed by atoms with Crippen molar-refractivity contribution in [2.24, 2.45) is 46.3 Å². The molecule has 23 nitrogen and oxygen atoms in total. The van der Waals surface area contributed by atoms with E-state index in [1.807, 2.05) is 6.92 Å². The molecule has 4 saturated carbocycles. The summed E-state index contributed by atoms with van der Waals surface area (Å²) in [6.07, 6.45) is -22.6. The van der Waals surface area contributed by atoms with Gasteiger partial charge in [-0.1, -0.05) is 20.8 Å². The van der Waals surface area contributed by atoms with Crippen LogP contribution in [-0.4, -0.2) is 240 Å². The second kappa shape index (κ2) is 22.6. The minimum Gasteiger partial charge on any atom is -0.394 e. The lowest BCUT2D eigenvalue weighted by Gasteiger charge is -2.61. The first kappa shape index (κ1) is 57.8. The molecule has 5 aliphatic heterocycles. The van der Waals surface area contributed by atoms with Gasteiger partial charge in [-0.25, -0.2) is 0 Å². The topological polar surface area (TPSA) is 355 Å². The molecule has 0 bridgehead atoms. The van der Waals surface area contributed by atoms with Crippen LogP contribution in [0.4, 0.5) is 0 Å². The molecule has 13 N–H and O–H groups in total. The fraction of sp³-hybridized carbons (Fsp3) is 1.00. The van der Waals surface area contributed by atoms with Crippen LogP contribution in [0, 0.1) is 46.3 Å². The van der Waals surface area contributed by atoms with Crippen LogP contribution >= 0.6 is 0 Å². The summed E-state index contributed by atoms with van der Waals surface area (Å²) in [4.78, 5) is 0. The van der Waals surface area contributed by atoms with E-state index in [-0.39, 0.29) is 34.9 Å². The smallest absolute Gasteiger partial charge is 0.187 e. The van der Waals surface area contributed by atoms with Crippen LogP contribution in [0.5, 0.6) is 0 Å². The minimum absolute atomic E-state index is 0.0156. The Morgan fingerprint density at radius 2 is 1.12 bits per heavy atom. The molecule has 5 heterocycles. The zero-order valence-electron chi connectivity index (χ0n) is 43.3. The van der Waals surface area contributed by atoms with Gasteiger partial charge in [-0.3, -0.25) is 0 Å². The summed E-state index contributed by atoms with van der Waals surface area (Å²) in [6.45, 7) is 8.38. The van der Waals surface area contributed by atoms with Gasteiger partial charge >= 0.3 is 0 Å². The van der Waals surface area contributed by atoms with E-state index in [0.717, 1.165) is 38.5 Å². The van der Waals surface area contributed by atoms with Crippen LogP contribution in [0.3, 0.4) is 0 Å². The van der Waals surface area contributed by atoms with Crippen LogP contribution in [0.25, 0.3) is 0 Å². The lowest BCUT2D eigenvalue weighted by molar-refractivity contribution is -0.389. The summed E-state index contributed by atoms with van der Waals surface area (Å²) in [5, 5.41) is 137. The molecule has 23 heteroatoms. The highest BCUT2D eigenvalue weighted by Crippen LogP contribution is 2.71. The Hall–Kier alpha value is -0.920. The van der Waals surface area contributed by atoms with E-state index in [9.17, 15) is 66.4 Å². The molecule has 428 valence electrons. The van der Waals surface area contributed by atoms with Crippen molar-refractivity contribution in [1.29, 1.82) is 0 Å². The van der Waals surface area contributed by atoms with Gasteiger partial charge < -0.3 is 114 Å². The molecule has 0 spiro atoms. The maximum absolute atomic E-state index is 11.6. The number of fused-ring (bicyclic) bond motifs is 7. The zero-order valence-corrected chi connectivity index (χ0v) is 43.3. The van der Waals surface area contributed by atoms with E-state index < -0.39 is 155 Å². The molecule has 0 unspecified atom stereocenters. The third kappa shape index (κ3) is 10.1. The van der Waals surface area contributed by atoms with Crippen LogP contribution in [0.1, 0.15) is 98.8 Å². The van der Waals surface area contributed by atoms with E-state index in [2.05, 4.69) is 20.8 Å². The molecule has 0 aromatic heterocycles. The van der Waals surface area contributed by atoms with Gasteiger partial charge in [-0.05, 0) is 112 Å². The number of hydrogen-bond acceptors (Lipinski definition) is 23. The van der Waals surface area contributed by atoms with Crippen molar-refractivity contribution in [2.75, 3.05) is 26.9 Å². The highest BCUT2D eigenvalue weighted by molar-refractivity contribution is 5.15. The monoisotopic (exact) mass is 1070 g/mol. The summed E-state index contributed by atoms with van der Waals surface area (Å²) in [7, 11) is 1.69. The second-order valence-electron chi connectivity index (χ2n) is 23.9. The summed E-state index contributed by atoms with van der Waals surface area (Å²) in [5.74, 6) is 1.30. The molecule has 9 rings (SSSR count). The molecule has 0 aromatic carbocycles. The summed E-state index contributed by atoms with van der Waals surface area (Å²) in [6, 6.07) is 0. The van der Waals surface area contributed by atoms with Crippen LogP contribution < -0.4 is 0 Å². The second-order valence-corrected chi connectivity index (χ2v) is 23.9. The van der Waals surface area contributed by atoms with Gasteiger partial charge in [0.2, 0.25) is 0 Å². The summed E-state index contributed by atoms with van der Waals surface area (Å²) < 4.78 is 60.7. The number of aliphatic hydroxyl groups is 13. The third-order valence-electron chi connectivity index (χ3n) is 20.1. The number of rotatable bonds is 15. The predicted molar refractivity (Wildman–Crippen MR) is 250 cm³/mol. The third-order valence-corrected chi connectivity index (χ3v) is 20.1. The largest absolute Gasteiger partial charge is 0.394 e. The number of hydrogen-bond donors (Lipinski definition) is 13. The van der Waals surface area contributed by atoms with Crippen molar-refractivity contribution in [3.8, 4) is 0 Å². The van der Waals surface area contributed by atoms with Gasteiger partial charge in [0.15, 0.2) is 30.9 Å². The molecule has 0 radical (unpaired) electrons. The van der Waals surface area contributed by atoms with Gasteiger partial charge in [0, 0.05) is 19.4 Å². The Morgan fingerprint density at radius 3 is 1.80 bits per heavy atom. The lowest BCUT2D eigenvalue weighted by atomic mass is 9.44. The Kier molecular flexibility index (Phi) is 17.6. The first-order chi connectivity index (χ1) is 35.1. The lowest BCUT2D eigenvalue weighted by Crippen LogP contribution is -2.67. The van der Waals surface area contributed by atoms with E-state index in [0.29, 0.717) is 49.4 Å². The van der Waals surface area contributed by atoms with Crippen LogP contribution in [0.2, 0.25) is 0 Å². The van der Waals surface area contributed by atoms with Crippen molar-refractivity contribution in [3.63, 3.8) is 0 Å². The van der Waals surface area contributed by atoms with Crippen molar-refractivity contribution in [1.82, 2.24) is 0 Å². The normalized spacial score (nSPS) is 56.0. The molecule has 32 atom stereocenters. The fourth-order valence-electron chi connectivity index (χ4n) is 15.8. The summed E-state index contributed by atoms with van der Waals surface area (Å²) >= 11 is 0. The predicted octanol–water partition coefficient (Wildman–Crippen LogP) is -2.52. The molecule has 9 fully saturated rings. The SMILES string of the molecule is CO[C@@]1(CC[C@@H](C)O[C@@H]2O[C@H](CO)[C@@H](O)[C@H](O)[C@H]2O)O[C@H]2C[C@@H]3[C@@H]4CC[C@@H]5C[C@H](O[C@@H]6O[C@H](CO)[C@@H](O[C@@H]7O[C@H](CO)[C@@H](O)[C@H](O)[C@H]7O[C@@H]7O[C@@H](C)[C@H](O)[C@@H](O)[C@H]7O)[C@H](O)[C@H]6O)CC[C@@]5(C)[C@H]4CC[C@@]3(C)[C@H]2[C@@H]1C. The van der Waals surface area contributed by atoms with Crippen LogP contribution in [-0.2, 0) is 47.4 Å². The first-order valence-electron chi connectivity index (χ1n) is 27.2. The standard InChI is InChI=1S/C51H86O23/c1-20(66-45-41(63)37(59)34(56)29(17-52)69-45)9-14-51(65-6)21(2)32-28(74-51)16-27-25-8-7-23-15-24(10-12-49(23,4)26(25)11-13-50(27,32)5)68-47-42(64)39(61)43(31(19-54)71-47)72-48-44(38(60)35(57)30(18-53)70-48)73-46-40(62)36(58)33(55)22(3)67-46/h20-48,52-64H,7-19H2,1-6H3/t20-,21+,22+,23-,24-,25-,26+,27-,28+,29-,30-,31-,32+,33+,34-,35-,36-,37+,38+,39-,40-,41-,42-,43-,44-,45-,46+,47-,48+,49-,50-,51+/m1/s1. The van der Waals surface area contributed by atoms with Crippen LogP contribution in [0.15, 0.2) is 0 Å². The van der Waals surface area contributed by atoms with Crippen molar-refractivity contribution >= 4 is 0 Å². The molecular weight excluding hydrogens is 981 g/mol. The molecule has 74 heavy (non-hydrogen) atoms. The molecule has 0 aromatic rings. The molecule has 5 saturated heterocycles. The average Bonchev–Trinajstić information content (AvgIpc) is 3.85. The Morgan fingerprint density at radius 1 is 0.554 bits per heavy atom. The van der Waals surface area contributed by atoms with Gasteiger partial charge in [0.1, 0.15) is 91.6 Å². The number of ether oxygens (including phenoxy) is 10. The zero-order chi connectivity index (χ0) is 53.5. The number of methoxy groups -OCH3 is 1. The van der Waals surface area contributed by atoms with Crippen molar-refractivity contribution in [3.05, 3.63) is 0 Å². The average molecular weight is 1070 g/mol. The molecule has 0 amide bonds. The Bertz CT molecular complexity index is 1850. The van der Waals surface area contributed by atoms with Gasteiger partial charge in [-0.15, -0.1) is 0 Å². The maximum atomic E-state index is 11.6. The fourth-order valence-corrected chi connectivity index (χ4v) is 15.8. The van der Waals surface area contributed by atoms with Gasteiger partial charge in [0.25, 0.3) is 0 Å². The highest BCUT2D eigenvalue weighted by atomic mass is 16.8. The molecular formula is C51H86O23. The quantitative estimate of drug-likeness (QED) is 0.0753. The maximum Gasteiger partial charge on any atom is 0.187 e. The minimum atomic E-state index is -1.83. The summed E-state index contributed by atoms with van der Waals surface area (Å²) in [5.41, 5.74) is 0.0723. The van der Waals surface area contributed by atoms with E-state index in [1.165, 1.54) is 6.92 Å². The van der Waals surface area contributed by atoms with Gasteiger partial charge in [-0.2, -0.15) is 0 Å². The first-order valence-corrected chi connectivity index (χ1v) is 27.2. The van der Waals surface area contributed by atoms with Gasteiger partial charge in [0.05, 0.1) is 44.2 Å².